The summed E-state index contributed by atoms with van der Waals surface area (Å²) in [6.45, 7) is 0.861. The van der Waals surface area contributed by atoms with Crippen molar-refractivity contribution in [2.75, 3.05) is 25.6 Å². The second-order valence-corrected chi connectivity index (χ2v) is 4.35. The summed E-state index contributed by atoms with van der Waals surface area (Å²) in [6, 6.07) is 8.99. The van der Waals surface area contributed by atoms with Crippen molar-refractivity contribution in [2.24, 2.45) is 0 Å². The van der Waals surface area contributed by atoms with Crippen LogP contribution in [0.2, 0.25) is 0 Å². The van der Waals surface area contributed by atoms with E-state index in [1.807, 2.05) is 6.07 Å². The van der Waals surface area contributed by atoms with Gasteiger partial charge in [0, 0.05) is 19.3 Å². The molecule has 0 radical (unpaired) electrons. The van der Waals surface area contributed by atoms with Crippen LogP contribution >= 0.6 is 0 Å². The molecule has 0 unspecified atom stereocenters. The summed E-state index contributed by atoms with van der Waals surface area (Å²) in [4.78, 5) is 19.9. The lowest BCUT2D eigenvalue weighted by Gasteiger charge is -2.06. The number of rotatable bonds is 6. The van der Waals surface area contributed by atoms with Gasteiger partial charge in [0.15, 0.2) is 0 Å². The summed E-state index contributed by atoms with van der Waals surface area (Å²) in [5.41, 5.74) is 1.60. The molecule has 2 rings (SSSR count). The van der Waals surface area contributed by atoms with Gasteiger partial charge in [-0.1, -0.05) is 0 Å². The van der Waals surface area contributed by atoms with Gasteiger partial charge in [-0.05, 0) is 24.3 Å². The molecule has 1 heterocycles. The van der Waals surface area contributed by atoms with Crippen molar-refractivity contribution in [3.8, 4) is 6.07 Å². The number of anilines is 2. The van der Waals surface area contributed by atoms with E-state index >= 15 is 0 Å². The van der Waals surface area contributed by atoms with Crippen LogP contribution in [0.4, 0.5) is 11.5 Å². The number of carbonyl (C=O) groups excluding carboxylic acids is 1. The number of benzene rings is 1. The third kappa shape index (κ3) is 4.26. The normalized spacial score (nSPS) is 9.82. The van der Waals surface area contributed by atoms with E-state index in [1.165, 1.54) is 12.4 Å². The molecular formula is C15H15N5O2. The summed E-state index contributed by atoms with van der Waals surface area (Å²) in [6.07, 6.45) is 2.87. The Labute approximate surface area is 128 Å². The van der Waals surface area contributed by atoms with Crippen molar-refractivity contribution in [3.63, 3.8) is 0 Å². The number of nitrogens with one attached hydrogen (secondary N) is 2. The Morgan fingerprint density at radius 2 is 2.05 bits per heavy atom. The number of hydrogen-bond acceptors (Lipinski definition) is 6. The third-order valence-corrected chi connectivity index (χ3v) is 2.76. The van der Waals surface area contributed by atoms with Crippen molar-refractivity contribution in [1.82, 2.24) is 15.3 Å². The molecule has 1 aromatic carbocycles. The molecule has 0 spiro atoms. The van der Waals surface area contributed by atoms with Gasteiger partial charge in [-0.2, -0.15) is 5.26 Å². The fourth-order valence-electron chi connectivity index (χ4n) is 1.64. The summed E-state index contributed by atoms with van der Waals surface area (Å²) >= 11 is 0. The fourth-order valence-corrected chi connectivity index (χ4v) is 1.64. The smallest absolute Gasteiger partial charge is 0.271 e. The average Bonchev–Trinajstić information content (AvgIpc) is 2.56. The van der Waals surface area contributed by atoms with E-state index < -0.39 is 0 Å². The largest absolute Gasteiger partial charge is 0.383 e. The molecule has 0 atom stereocenters. The molecule has 0 aliphatic rings. The Kier molecular flexibility index (Phi) is 5.40. The Bertz CT molecular complexity index is 662. The van der Waals surface area contributed by atoms with E-state index in [0.717, 1.165) is 5.69 Å². The second kappa shape index (κ2) is 7.71. The molecule has 1 amide bonds. The van der Waals surface area contributed by atoms with E-state index in [2.05, 4.69) is 20.6 Å². The highest BCUT2D eigenvalue weighted by Gasteiger charge is 2.07. The molecule has 0 saturated carbocycles. The van der Waals surface area contributed by atoms with E-state index in [-0.39, 0.29) is 11.6 Å². The molecule has 7 heteroatoms. The maximum atomic E-state index is 11.7. The molecule has 0 fully saturated rings. The van der Waals surface area contributed by atoms with E-state index in [9.17, 15) is 4.79 Å². The molecule has 7 nitrogen and oxygen atoms in total. The highest BCUT2D eigenvalue weighted by Crippen LogP contribution is 2.14. The first-order valence-electron chi connectivity index (χ1n) is 6.59. The van der Waals surface area contributed by atoms with Gasteiger partial charge in [0.2, 0.25) is 0 Å². The number of methoxy groups -OCH3 is 1. The van der Waals surface area contributed by atoms with Crippen LogP contribution in [0.15, 0.2) is 36.7 Å². The predicted molar refractivity (Wildman–Crippen MR) is 80.7 cm³/mol. The molecule has 0 bridgehead atoms. The van der Waals surface area contributed by atoms with E-state index in [4.69, 9.17) is 10.00 Å². The third-order valence-electron chi connectivity index (χ3n) is 2.76. The summed E-state index contributed by atoms with van der Waals surface area (Å²) in [7, 11) is 1.57. The highest BCUT2D eigenvalue weighted by molar-refractivity contribution is 5.92. The van der Waals surface area contributed by atoms with Gasteiger partial charge in [0.05, 0.1) is 30.6 Å². The lowest BCUT2D eigenvalue weighted by Crippen LogP contribution is -2.27. The fraction of sp³-hybridized carbons (Fsp3) is 0.200. The standard InChI is InChI=1S/C15H15N5O2/c1-22-7-6-17-15(21)13-9-19-14(10-18-13)20-12-4-2-11(8-16)3-5-12/h2-5,9-10H,6-7H2,1H3,(H,17,21)(H,19,20). The topological polar surface area (TPSA) is 99.9 Å². The highest BCUT2D eigenvalue weighted by atomic mass is 16.5. The van der Waals surface area contributed by atoms with Crippen LogP contribution in [0.3, 0.4) is 0 Å². The van der Waals surface area contributed by atoms with Gasteiger partial charge in [0.1, 0.15) is 11.5 Å². The van der Waals surface area contributed by atoms with Gasteiger partial charge in [-0.25, -0.2) is 9.97 Å². The first kappa shape index (κ1) is 15.4. The van der Waals surface area contributed by atoms with Gasteiger partial charge in [0.25, 0.3) is 5.91 Å². The number of carbonyl (C=O) groups is 1. The van der Waals surface area contributed by atoms with Gasteiger partial charge in [-0.3, -0.25) is 4.79 Å². The molecule has 0 aliphatic carbocycles. The quantitative estimate of drug-likeness (QED) is 0.783. The SMILES string of the molecule is COCCNC(=O)c1cnc(Nc2ccc(C#N)cc2)cn1. The monoisotopic (exact) mass is 297 g/mol. The lowest BCUT2D eigenvalue weighted by atomic mass is 10.2. The van der Waals surface area contributed by atoms with Gasteiger partial charge in [-0.15, -0.1) is 0 Å². The molecule has 1 aromatic heterocycles. The number of hydrogen-bond donors (Lipinski definition) is 2. The molecule has 2 aromatic rings. The van der Waals surface area contributed by atoms with Gasteiger partial charge < -0.3 is 15.4 Å². The Hall–Kier alpha value is -2.98. The Morgan fingerprint density at radius 1 is 1.27 bits per heavy atom. The lowest BCUT2D eigenvalue weighted by molar-refractivity contribution is 0.0932. The number of amides is 1. The zero-order chi connectivity index (χ0) is 15.8. The number of nitrogens with zero attached hydrogens (tertiary/aromatic N) is 3. The molecular weight excluding hydrogens is 282 g/mol. The molecule has 0 saturated heterocycles. The van der Waals surface area contributed by atoms with E-state index in [1.54, 1.807) is 31.4 Å². The Morgan fingerprint density at radius 3 is 2.64 bits per heavy atom. The summed E-state index contributed by atoms with van der Waals surface area (Å²) < 4.78 is 4.85. The molecule has 22 heavy (non-hydrogen) atoms. The van der Waals surface area contributed by atoms with Crippen LogP contribution in [0, 0.1) is 11.3 Å². The maximum Gasteiger partial charge on any atom is 0.271 e. The number of ether oxygens (including phenoxy) is 1. The van der Waals surface area contributed by atoms with Crippen molar-refractivity contribution < 1.29 is 9.53 Å². The minimum atomic E-state index is -0.297. The first-order chi connectivity index (χ1) is 10.7. The van der Waals surface area contributed by atoms with Crippen molar-refractivity contribution in [1.29, 1.82) is 5.26 Å². The van der Waals surface area contributed by atoms with Crippen LogP contribution in [0.1, 0.15) is 16.1 Å². The van der Waals surface area contributed by atoms with Gasteiger partial charge >= 0.3 is 0 Å². The zero-order valence-corrected chi connectivity index (χ0v) is 12.0. The minimum absolute atomic E-state index is 0.237. The predicted octanol–water partition coefficient (Wildman–Crippen LogP) is 1.47. The van der Waals surface area contributed by atoms with Crippen LogP contribution in [0.25, 0.3) is 0 Å². The van der Waals surface area contributed by atoms with Crippen LogP contribution in [-0.4, -0.2) is 36.1 Å². The van der Waals surface area contributed by atoms with Crippen molar-refractivity contribution in [3.05, 3.63) is 47.9 Å². The van der Waals surface area contributed by atoms with Crippen molar-refractivity contribution >= 4 is 17.4 Å². The number of nitriles is 1. The van der Waals surface area contributed by atoms with E-state index in [0.29, 0.717) is 24.5 Å². The second-order valence-electron chi connectivity index (χ2n) is 4.35. The molecule has 0 aliphatic heterocycles. The molecule has 2 N–H and O–H groups in total. The average molecular weight is 297 g/mol. The zero-order valence-electron chi connectivity index (χ0n) is 12.0. The molecule has 112 valence electrons. The van der Waals surface area contributed by atoms with Crippen LogP contribution in [0.5, 0.6) is 0 Å². The minimum Gasteiger partial charge on any atom is -0.383 e. The summed E-state index contributed by atoms with van der Waals surface area (Å²) in [5.74, 6) is 0.215. The van der Waals surface area contributed by atoms with Crippen molar-refractivity contribution in [2.45, 2.75) is 0 Å². The Balaban J connectivity index is 1.96. The van der Waals surface area contributed by atoms with Crippen LogP contribution in [-0.2, 0) is 4.74 Å². The number of aromatic nitrogens is 2. The maximum absolute atomic E-state index is 11.7. The van der Waals surface area contributed by atoms with Crippen LogP contribution < -0.4 is 10.6 Å². The summed E-state index contributed by atoms with van der Waals surface area (Å²) in [5, 5.41) is 14.4. The first-order valence-corrected chi connectivity index (χ1v) is 6.59.